The van der Waals surface area contributed by atoms with E-state index in [-0.39, 0.29) is 11.8 Å². The van der Waals surface area contributed by atoms with Gasteiger partial charge in [0.2, 0.25) is 5.91 Å². The van der Waals surface area contributed by atoms with Gasteiger partial charge in [0.15, 0.2) is 0 Å². The molecule has 1 unspecified atom stereocenters. The van der Waals surface area contributed by atoms with Crippen LogP contribution < -0.4 is 10.6 Å². The van der Waals surface area contributed by atoms with Crippen molar-refractivity contribution in [3.63, 3.8) is 0 Å². The minimum atomic E-state index is -0.836. The van der Waals surface area contributed by atoms with Crippen molar-refractivity contribution in [3.05, 3.63) is 95.0 Å². The molecule has 0 aliphatic carbocycles. The fraction of sp³-hybridized carbons (Fsp3) is 0.192. The summed E-state index contributed by atoms with van der Waals surface area (Å²) in [5.41, 5.74) is 2.12. The highest BCUT2D eigenvalue weighted by atomic mass is 32.1. The fourth-order valence-electron chi connectivity index (χ4n) is 3.69. The lowest BCUT2D eigenvalue weighted by atomic mass is 9.78. The van der Waals surface area contributed by atoms with Crippen molar-refractivity contribution in [2.75, 3.05) is 11.9 Å². The van der Waals surface area contributed by atoms with Crippen molar-refractivity contribution in [1.82, 2.24) is 10.3 Å². The normalized spacial score (nSPS) is 12.8. The molecule has 6 heteroatoms. The van der Waals surface area contributed by atoms with Crippen molar-refractivity contribution >= 4 is 39.1 Å². The predicted molar refractivity (Wildman–Crippen MR) is 130 cm³/mol. The van der Waals surface area contributed by atoms with E-state index in [0.29, 0.717) is 24.2 Å². The van der Waals surface area contributed by atoms with Crippen LogP contribution in [0.1, 0.15) is 34.8 Å². The molecular formula is C26H25N3O2S. The largest absolute Gasteiger partial charge is 0.352 e. The van der Waals surface area contributed by atoms with Gasteiger partial charge in [-0.05, 0) is 49.7 Å². The summed E-state index contributed by atoms with van der Waals surface area (Å²) in [6.45, 7) is 4.36. The summed E-state index contributed by atoms with van der Waals surface area (Å²) >= 11 is 1.61. The Morgan fingerprint density at radius 3 is 2.47 bits per heavy atom. The second-order valence-electron chi connectivity index (χ2n) is 7.84. The highest BCUT2D eigenvalue weighted by Gasteiger charge is 2.36. The molecule has 0 saturated heterocycles. The van der Waals surface area contributed by atoms with E-state index in [0.717, 1.165) is 20.8 Å². The molecule has 1 heterocycles. The van der Waals surface area contributed by atoms with Gasteiger partial charge >= 0.3 is 0 Å². The van der Waals surface area contributed by atoms with E-state index in [2.05, 4.69) is 10.6 Å². The zero-order valence-electron chi connectivity index (χ0n) is 18.1. The SMILES string of the molecule is CCNC(=O)c1cccc(NC(=O)C(C)(Cc2nc3ccccc3s2)c2ccccc2)c1. The van der Waals surface area contributed by atoms with Crippen LogP contribution in [0.2, 0.25) is 0 Å². The van der Waals surface area contributed by atoms with Crippen LogP contribution in [0.5, 0.6) is 0 Å². The molecule has 1 aromatic heterocycles. The second kappa shape index (κ2) is 9.32. The molecule has 4 aromatic rings. The Morgan fingerprint density at radius 2 is 1.72 bits per heavy atom. The van der Waals surface area contributed by atoms with E-state index in [1.165, 1.54) is 0 Å². The van der Waals surface area contributed by atoms with Crippen LogP contribution in [-0.4, -0.2) is 23.3 Å². The minimum Gasteiger partial charge on any atom is -0.352 e. The number of rotatable bonds is 7. The molecule has 32 heavy (non-hydrogen) atoms. The maximum absolute atomic E-state index is 13.6. The lowest BCUT2D eigenvalue weighted by molar-refractivity contribution is -0.121. The first kappa shape index (κ1) is 21.7. The van der Waals surface area contributed by atoms with Gasteiger partial charge in [-0.2, -0.15) is 0 Å². The Labute approximate surface area is 191 Å². The third-order valence-electron chi connectivity index (χ3n) is 5.47. The van der Waals surface area contributed by atoms with Crippen molar-refractivity contribution < 1.29 is 9.59 Å². The van der Waals surface area contributed by atoms with Crippen LogP contribution in [0.4, 0.5) is 5.69 Å². The highest BCUT2D eigenvalue weighted by Crippen LogP contribution is 2.33. The molecule has 3 aromatic carbocycles. The summed E-state index contributed by atoms with van der Waals surface area (Å²) in [5.74, 6) is -0.306. The fourth-order valence-corrected chi connectivity index (χ4v) is 4.81. The summed E-state index contributed by atoms with van der Waals surface area (Å²) in [6.07, 6.45) is 0.470. The average Bonchev–Trinajstić information content (AvgIpc) is 3.22. The van der Waals surface area contributed by atoms with E-state index in [4.69, 9.17) is 4.98 Å². The first-order valence-electron chi connectivity index (χ1n) is 10.6. The number of benzene rings is 3. The van der Waals surface area contributed by atoms with Crippen molar-refractivity contribution in [2.24, 2.45) is 0 Å². The third kappa shape index (κ3) is 4.55. The summed E-state index contributed by atoms with van der Waals surface area (Å²) in [6, 6.07) is 24.8. The molecule has 1 atom stereocenters. The molecular weight excluding hydrogens is 418 g/mol. The molecule has 5 nitrogen and oxygen atoms in total. The second-order valence-corrected chi connectivity index (χ2v) is 8.96. The van der Waals surface area contributed by atoms with Crippen LogP contribution in [-0.2, 0) is 16.6 Å². The molecule has 2 N–H and O–H groups in total. The molecule has 162 valence electrons. The van der Waals surface area contributed by atoms with Crippen LogP contribution >= 0.6 is 11.3 Å². The number of hydrogen-bond donors (Lipinski definition) is 2. The van der Waals surface area contributed by atoms with Crippen LogP contribution in [0.3, 0.4) is 0 Å². The van der Waals surface area contributed by atoms with E-state index in [1.54, 1.807) is 35.6 Å². The standard InChI is InChI=1S/C26H25N3O2S/c1-3-27-24(30)18-10-9-13-20(16-18)28-25(31)26(2,19-11-5-4-6-12-19)17-23-29-21-14-7-8-15-22(21)32-23/h4-16H,3,17H2,1-2H3,(H,27,30)(H,28,31). The molecule has 0 bridgehead atoms. The van der Waals surface area contributed by atoms with Gasteiger partial charge in [-0.1, -0.05) is 48.5 Å². The molecule has 4 rings (SSSR count). The van der Waals surface area contributed by atoms with Crippen LogP contribution in [0, 0.1) is 0 Å². The number of amides is 2. The first-order valence-corrected chi connectivity index (χ1v) is 11.4. The topological polar surface area (TPSA) is 71.1 Å². The van der Waals surface area contributed by atoms with Gasteiger partial charge < -0.3 is 10.6 Å². The van der Waals surface area contributed by atoms with Crippen LogP contribution in [0.15, 0.2) is 78.9 Å². The number of nitrogens with zero attached hydrogens (tertiary/aromatic N) is 1. The van der Waals surface area contributed by atoms with Crippen molar-refractivity contribution in [3.8, 4) is 0 Å². The number of nitrogens with one attached hydrogen (secondary N) is 2. The zero-order valence-corrected chi connectivity index (χ0v) is 18.9. The number of fused-ring (bicyclic) bond motifs is 1. The van der Waals surface area contributed by atoms with Gasteiger partial charge in [-0.3, -0.25) is 9.59 Å². The van der Waals surface area contributed by atoms with E-state index in [1.807, 2.05) is 68.4 Å². The quantitative estimate of drug-likeness (QED) is 0.413. The number of hydrogen-bond acceptors (Lipinski definition) is 4. The molecule has 0 aliphatic rings. The summed E-state index contributed by atoms with van der Waals surface area (Å²) in [4.78, 5) is 30.6. The summed E-state index contributed by atoms with van der Waals surface area (Å²) < 4.78 is 1.10. The van der Waals surface area contributed by atoms with Gasteiger partial charge in [0.05, 0.1) is 20.6 Å². The van der Waals surface area contributed by atoms with Gasteiger partial charge in [-0.15, -0.1) is 11.3 Å². The van der Waals surface area contributed by atoms with Crippen molar-refractivity contribution in [1.29, 1.82) is 0 Å². The van der Waals surface area contributed by atoms with E-state index >= 15 is 0 Å². The van der Waals surface area contributed by atoms with E-state index in [9.17, 15) is 9.59 Å². The number of aromatic nitrogens is 1. The van der Waals surface area contributed by atoms with Gasteiger partial charge in [0, 0.05) is 24.2 Å². The summed E-state index contributed by atoms with van der Waals surface area (Å²) in [5, 5.41) is 6.72. The van der Waals surface area contributed by atoms with Crippen LogP contribution in [0.25, 0.3) is 10.2 Å². The zero-order chi connectivity index (χ0) is 22.6. The molecule has 0 spiro atoms. The number of thiazole rings is 1. The highest BCUT2D eigenvalue weighted by molar-refractivity contribution is 7.18. The number of para-hydroxylation sites is 1. The minimum absolute atomic E-state index is 0.143. The van der Waals surface area contributed by atoms with Gasteiger partial charge in [0.1, 0.15) is 0 Å². The Kier molecular flexibility index (Phi) is 6.32. The smallest absolute Gasteiger partial charge is 0.251 e. The first-order chi connectivity index (χ1) is 15.5. The molecule has 0 aliphatic heterocycles. The number of carbonyl (C=O) groups excluding carboxylic acids is 2. The predicted octanol–water partition coefficient (Wildman–Crippen LogP) is 5.19. The average molecular weight is 444 g/mol. The number of carbonyl (C=O) groups is 2. The molecule has 2 amide bonds. The summed E-state index contributed by atoms with van der Waals surface area (Å²) in [7, 11) is 0. The van der Waals surface area contributed by atoms with Gasteiger partial charge in [-0.25, -0.2) is 4.98 Å². The monoisotopic (exact) mass is 443 g/mol. The lowest BCUT2D eigenvalue weighted by Crippen LogP contribution is -2.39. The Balaban J connectivity index is 1.65. The molecule has 0 radical (unpaired) electrons. The van der Waals surface area contributed by atoms with Gasteiger partial charge in [0.25, 0.3) is 5.91 Å². The third-order valence-corrected chi connectivity index (χ3v) is 6.51. The molecule has 0 fully saturated rings. The van der Waals surface area contributed by atoms with E-state index < -0.39 is 5.41 Å². The Bertz CT molecular complexity index is 1220. The lowest BCUT2D eigenvalue weighted by Gasteiger charge is -2.28. The Hall–Kier alpha value is -3.51. The Morgan fingerprint density at radius 1 is 0.969 bits per heavy atom. The maximum Gasteiger partial charge on any atom is 0.251 e. The maximum atomic E-state index is 13.6. The van der Waals surface area contributed by atoms with Crippen molar-refractivity contribution in [2.45, 2.75) is 25.7 Å². The molecule has 0 saturated carbocycles. The number of anilines is 1.